The van der Waals surface area contributed by atoms with Gasteiger partial charge in [-0.05, 0) is 69.1 Å². The molecular weight excluding hydrogens is 324 g/mol. The van der Waals surface area contributed by atoms with Crippen molar-refractivity contribution in [1.29, 1.82) is 0 Å². The molecule has 0 aromatic carbocycles. The van der Waals surface area contributed by atoms with Crippen molar-refractivity contribution in [3.63, 3.8) is 0 Å². The van der Waals surface area contributed by atoms with E-state index >= 15 is 0 Å². The van der Waals surface area contributed by atoms with E-state index in [1.807, 2.05) is 0 Å². The van der Waals surface area contributed by atoms with Gasteiger partial charge in [-0.25, -0.2) is 0 Å². The summed E-state index contributed by atoms with van der Waals surface area (Å²) in [7, 11) is 0. The highest BCUT2D eigenvalue weighted by Crippen LogP contribution is 2.60. The largest absolute Gasteiger partial charge is 0.393 e. The Morgan fingerprint density at radius 3 is 2.50 bits per heavy atom. The van der Waals surface area contributed by atoms with Gasteiger partial charge in [0.1, 0.15) is 0 Å². The molecule has 2 rings (SSSR count). The van der Waals surface area contributed by atoms with Crippen molar-refractivity contribution < 1.29 is 15.3 Å². The highest BCUT2D eigenvalue weighted by molar-refractivity contribution is 6.18. The summed E-state index contributed by atoms with van der Waals surface area (Å²) in [6, 6.07) is 0. The van der Waals surface area contributed by atoms with Crippen molar-refractivity contribution in [3.05, 3.63) is 11.1 Å². The van der Waals surface area contributed by atoms with Crippen LogP contribution in [-0.4, -0.2) is 39.0 Å². The molecule has 2 aliphatic rings. The van der Waals surface area contributed by atoms with Crippen LogP contribution in [0.4, 0.5) is 0 Å². The van der Waals surface area contributed by atoms with E-state index in [0.29, 0.717) is 12.3 Å². The Labute approximate surface area is 152 Å². The molecule has 0 saturated heterocycles. The second-order valence-electron chi connectivity index (χ2n) is 9.17. The molecule has 0 unspecified atom stereocenters. The fraction of sp³-hybridized carbons (Fsp3) is 0.900. The van der Waals surface area contributed by atoms with Crippen molar-refractivity contribution in [3.8, 4) is 0 Å². The van der Waals surface area contributed by atoms with Gasteiger partial charge in [-0.2, -0.15) is 0 Å². The molecule has 140 valence electrons. The van der Waals surface area contributed by atoms with Crippen LogP contribution in [0.5, 0.6) is 0 Å². The van der Waals surface area contributed by atoms with Crippen LogP contribution >= 0.6 is 11.6 Å². The lowest BCUT2D eigenvalue weighted by Gasteiger charge is -2.57. The maximum absolute atomic E-state index is 10.5. The summed E-state index contributed by atoms with van der Waals surface area (Å²) in [6.07, 6.45) is 4.16. The van der Waals surface area contributed by atoms with E-state index in [1.54, 1.807) is 6.92 Å². The highest BCUT2D eigenvalue weighted by atomic mass is 35.5. The van der Waals surface area contributed by atoms with Crippen molar-refractivity contribution in [2.45, 2.75) is 91.0 Å². The van der Waals surface area contributed by atoms with Gasteiger partial charge in [-0.1, -0.05) is 31.9 Å². The van der Waals surface area contributed by atoms with Gasteiger partial charge in [0.2, 0.25) is 0 Å². The fourth-order valence-electron chi connectivity index (χ4n) is 5.30. The third-order valence-electron chi connectivity index (χ3n) is 7.22. The van der Waals surface area contributed by atoms with Gasteiger partial charge in [0.25, 0.3) is 0 Å². The molecule has 1 saturated carbocycles. The van der Waals surface area contributed by atoms with Gasteiger partial charge in [-0.3, -0.25) is 0 Å². The Morgan fingerprint density at radius 2 is 1.92 bits per heavy atom. The van der Waals surface area contributed by atoms with E-state index < -0.39 is 11.7 Å². The molecular formula is C20H35ClO3. The topological polar surface area (TPSA) is 60.7 Å². The molecule has 0 aromatic heterocycles. The molecule has 24 heavy (non-hydrogen) atoms. The zero-order valence-corrected chi connectivity index (χ0v) is 16.7. The van der Waals surface area contributed by atoms with Crippen LogP contribution in [0.25, 0.3) is 0 Å². The molecule has 0 heterocycles. The molecule has 3 N–H and O–H groups in total. The van der Waals surface area contributed by atoms with E-state index in [1.165, 1.54) is 11.1 Å². The SMILES string of the molecule is CC1=C(CC[C@](C)(O)[C@@H](O)CCl)[C@]2(C)CC[C@H](O)C(C)(C)[C@H]2CC1. The third-order valence-corrected chi connectivity index (χ3v) is 7.51. The van der Waals surface area contributed by atoms with Gasteiger partial charge in [0, 0.05) is 0 Å². The molecule has 0 aliphatic heterocycles. The Kier molecular flexibility index (Phi) is 5.82. The first-order valence-corrected chi connectivity index (χ1v) is 9.84. The summed E-state index contributed by atoms with van der Waals surface area (Å²) in [5, 5.41) is 31.0. The first-order valence-electron chi connectivity index (χ1n) is 9.30. The molecule has 3 nitrogen and oxygen atoms in total. The molecule has 0 bridgehead atoms. The number of hydrogen-bond acceptors (Lipinski definition) is 3. The summed E-state index contributed by atoms with van der Waals surface area (Å²) in [4.78, 5) is 0. The molecule has 2 aliphatic carbocycles. The quantitative estimate of drug-likeness (QED) is 0.513. The predicted octanol–water partition coefficient (Wildman–Crippen LogP) is 4.03. The second kappa shape index (κ2) is 6.90. The van der Waals surface area contributed by atoms with Gasteiger partial charge < -0.3 is 15.3 Å². The molecule has 4 heteroatoms. The number of aliphatic hydroxyl groups is 3. The normalized spacial score (nSPS) is 36.9. The van der Waals surface area contributed by atoms with Crippen LogP contribution in [0.15, 0.2) is 11.1 Å². The van der Waals surface area contributed by atoms with Gasteiger partial charge in [-0.15, -0.1) is 11.6 Å². The van der Waals surface area contributed by atoms with Crippen LogP contribution in [-0.2, 0) is 0 Å². The second-order valence-corrected chi connectivity index (χ2v) is 9.48. The van der Waals surface area contributed by atoms with E-state index in [2.05, 4.69) is 27.7 Å². The van der Waals surface area contributed by atoms with Gasteiger partial charge in [0.05, 0.1) is 23.7 Å². The minimum absolute atomic E-state index is 0.0458. The summed E-state index contributed by atoms with van der Waals surface area (Å²) < 4.78 is 0. The smallest absolute Gasteiger partial charge is 0.0959 e. The fourth-order valence-corrected chi connectivity index (χ4v) is 5.63. The van der Waals surface area contributed by atoms with Crippen LogP contribution in [0, 0.1) is 16.7 Å². The van der Waals surface area contributed by atoms with Crippen molar-refractivity contribution in [1.82, 2.24) is 0 Å². The van der Waals surface area contributed by atoms with Crippen molar-refractivity contribution in [2.75, 3.05) is 5.88 Å². The maximum Gasteiger partial charge on any atom is 0.0959 e. The summed E-state index contributed by atoms with van der Waals surface area (Å²) in [6.45, 7) is 10.6. The van der Waals surface area contributed by atoms with Crippen molar-refractivity contribution >= 4 is 11.6 Å². The standard InChI is InChI=1S/C20H35ClO3/c1-13-6-7-15-18(2,3)16(22)9-10-19(15,4)14(13)8-11-20(5,24)17(23)12-21/h15-17,22-24H,6-12H2,1-5H3/t15-,16+,17+,19+,20+/m1/s1. The number of aliphatic hydroxyl groups excluding tert-OH is 2. The number of fused-ring (bicyclic) bond motifs is 1. The van der Waals surface area contributed by atoms with Gasteiger partial charge in [0.15, 0.2) is 0 Å². The van der Waals surface area contributed by atoms with Gasteiger partial charge >= 0.3 is 0 Å². The van der Waals surface area contributed by atoms with E-state index in [0.717, 1.165) is 32.1 Å². The number of allylic oxidation sites excluding steroid dienone is 2. The Morgan fingerprint density at radius 1 is 1.29 bits per heavy atom. The lowest BCUT2D eigenvalue weighted by Crippen LogP contribution is -2.52. The Bertz CT molecular complexity index is 497. The lowest BCUT2D eigenvalue weighted by atomic mass is 9.49. The Hall–Kier alpha value is -0.0900. The zero-order chi connectivity index (χ0) is 18.3. The van der Waals surface area contributed by atoms with Crippen LogP contribution in [0.3, 0.4) is 0 Å². The van der Waals surface area contributed by atoms with E-state index in [-0.39, 0.29) is 22.8 Å². The molecule has 5 atom stereocenters. The number of hydrogen-bond donors (Lipinski definition) is 3. The monoisotopic (exact) mass is 358 g/mol. The molecule has 0 spiro atoms. The minimum atomic E-state index is -1.16. The first-order chi connectivity index (χ1) is 11.0. The van der Waals surface area contributed by atoms with E-state index in [9.17, 15) is 15.3 Å². The Balaban J connectivity index is 2.25. The van der Waals surface area contributed by atoms with E-state index in [4.69, 9.17) is 11.6 Å². The number of rotatable bonds is 5. The average molecular weight is 359 g/mol. The summed E-state index contributed by atoms with van der Waals surface area (Å²) in [5.74, 6) is 0.500. The van der Waals surface area contributed by atoms with Crippen LogP contribution in [0.2, 0.25) is 0 Å². The average Bonchev–Trinajstić information content (AvgIpc) is 2.49. The summed E-state index contributed by atoms with van der Waals surface area (Å²) in [5.41, 5.74) is 1.68. The van der Waals surface area contributed by atoms with Crippen LogP contribution < -0.4 is 0 Å². The molecule has 1 fully saturated rings. The minimum Gasteiger partial charge on any atom is -0.393 e. The van der Waals surface area contributed by atoms with Crippen LogP contribution in [0.1, 0.15) is 73.1 Å². The molecule has 0 aromatic rings. The number of alkyl halides is 1. The molecule has 0 amide bonds. The zero-order valence-electron chi connectivity index (χ0n) is 15.9. The highest BCUT2D eigenvalue weighted by Gasteiger charge is 2.53. The summed E-state index contributed by atoms with van der Waals surface area (Å²) >= 11 is 5.73. The molecule has 0 radical (unpaired) electrons. The number of halogens is 1. The first kappa shape index (κ1) is 20.2. The lowest BCUT2D eigenvalue weighted by molar-refractivity contribution is -0.0919. The predicted molar refractivity (Wildman–Crippen MR) is 99.1 cm³/mol. The third kappa shape index (κ3) is 3.42. The van der Waals surface area contributed by atoms with Crippen molar-refractivity contribution in [2.24, 2.45) is 16.7 Å². The maximum atomic E-state index is 10.5.